The zero-order chi connectivity index (χ0) is 17.9. The summed E-state index contributed by atoms with van der Waals surface area (Å²) >= 11 is 0. The van der Waals surface area contributed by atoms with Crippen molar-refractivity contribution in [2.24, 2.45) is 17.8 Å². The van der Waals surface area contributed by atoms with Gasteiger partial charge >= 0.3 is 0 Å². The Morgan fingerprint density at radius 2 is 1.60 bits per heavy atom. The molecule has 25 heavy (non-hydrogen) atoms. The minimum Gasteiger partial charge on any atom is -0.378 e. The van der Waals surface area contributed by atoms with Crippen LogP contribution in [-0.2, 0) is 4.74 Å². The highest BCUT2D eigenvalue weighted by Gasteiger charge is 2.24. The summed E-state index contributed by atoms with van der Waals surface area (Å²) in [6.45, 7) is 3.25. The number of hydrogen-bond acceptors (Lipinski definition) is 2. The summed E-state index contributed by atoms with van der Waals surface area (Å²) in [6, 6.07) is 1.54. The Morgan fingerprint density at radius 3 is 2.24 bits per heavy atom. The van der Waals surface area contributed by atoms with Crippen LogP contribution in [0.5, 0.6) is 0 Å². The summed E-state index contributed by atoms with van der Waals surface area (Å²) in [7, 11) is 0. The largest absolute Gasteiger partial charge is 0.378 e. The van der Waals surface area contributed by atoms with Gasteiger partial charge in [0.15, 0.2) is 5.83 Å². The van der Waals surface area contributed by atoms with Gasteiger partial charge in [-0.05, 0) is 75.2 Å². The zero-order valence-electron chi connectivity index (χ0n) is 16.0. The predicted octanol–water partition coefficient (Wildman–Crippen LogP) is 6.72. The lowest BCUT2D eigenvalue weighted by molar-refractivity contribution is -0.0102. The van der Waals surface area contributed by atoms with Gasteiger partial charge in [-0.1, -0.05) is 39.0 Å². The minimum absolute atomic E-state index is 0.445. The molecule has 0 aromatic rings. The van der Waals surface area contributed by atoms with Crippen LogP contribution >= 0.6 is 0 Å². The average molecular weight is 350 g/mol. The number of nitriles is 1. The fourth-order valence-electron chi connectivity index (χ4n) is 4.53. The Morgan fingerprint density at radius 1 is 1.00 bits per heavy atom. The second-order valence-electron chi connectivity index (χ2n) is 8.25. The molecule has 2 aliphatic carbocycles. The average Bonchev–Trinajstić information content (AvgIpc) is 2.66. The number of unbranched alkanes of at least 4 members (excludes halogenated alkanes) is 1. The standard InChI is InChI=1S/C22H36FNO/c1-2-3-5-18-8-10-20(11-9-18)17-25-22-14-12-19(13-15-22)6-4-7-21(23)16-24/h7,18-20,22H,2-6,8-15,17H2,1H3/b21-7-/t18-,19-,20-,22-. The lowest BCUT2D eigenvalue weighted by Crippen LogP contribution is -2.26. The van der Waals surface area contributed by atoms with E-state index in [4.69, 9.17) is 10.00 Å². The van der Waals surface area contributed by atoms with Gasteiger partial charge in [-0.25, -0.2) is 0 Å². The molecule has 2 rings (SSSR count). The summed E-state index contributed by atoms with van der Waals surface area (Å²) in [5.41, 5.74) is 0. The van der Waals surface area contributed by atoms with Crippen molar-refractivity contribution in [1.82, 2.24) is 0 Å². The van der Waals surface area contributed by atoms with Gasteiger partial charge in [0, 0.05) is 6.61 Å². The van der Waals surface area contributed by atoms with Crippen LogP contribution in [-0.4, -0.2) is 12.7 Å². The predicted molar refractivity (Wildman–Crippen MR) is 101 cm³/mol. The van der Waals surface area contributed by atoms with Crippen molar-refractivity contribution in [1.29, 1.82) is 5.26 Å². The van der Waals surface area contributed by atoms with Gasteiger partial charge in [0.2, 0.25) is 0 Å². The van der Waals surface area contributed by atoms with E-state index in [0.717, 1.165) is 37.7 Å². The Hall–Kier alpha value is -0.880. The highest BCUT2D eigenvalue weighted by molar-refractivity contribution is 5.11. The van der Waals surface area contributed by atoms with E-state index in [9.17, 15) is 4.39 Å². The summed E-state index contributed by atoms with van der Waals surface area (Å²) in [5.74, 6) is 1.80. The molecule has 0 aromatic heterocycles. The van der Waals surface area contributed by atoms with Gasteiger partial charge < -0.3 is 4.74 Å². The molecule has 0 radical (unpaired) electrons. The van der Waals surface area contributed by atoms with Crippen LogP contribution in [0.1, 0.15) is 90.4 Å². The van der Waals surface area contributed by atoms with Gasteiger partial charge in [0.25, 0.3) is 0 Å². The fraction of sp³-hybridized carbons (Fsp3) is 0.864. The maximum Gasteiger partial charge on any atom is 0.196 e. The molecule has 0 saturated heterocycles. The Balaban J connectivity index is 1.53. The van der Waals surface area contributed by atoms with E-state index in [1.807, 2.05) is 0 Å². The Labute approximate surface area is 153 Å². The molecule has 0 unspecified atom stereocenters. The van der Waals surface area contributed by atoms with E-state index in [0.29, 0.717) is 18.4 Å². The molecule has 0 bridgehead atoms. The van der Waals surface area contributed by atoms with Gasteiger partial charge in [-0.15, -0.1) is 0 Å². The quantitative estimate of drug-likeness (QED) is 0.433. The lowest BCUT2D eigenvalue weighted by Gasteiger charge is -2.32. The van der Waals surface area contributed by atoms with E-state index < -0.39 is 5.83 Å². The van der Waals surface area contributed by atoms with Crippen molar-refractivity contribution in [3.05, 3.63) is 11.9 Å². The van der Waals surface area contributed by atoms with Crippen molar-refractivity contribution in [2.75, 3.05) is 6.61 Å². The van der Waals surface area contributed by atoms with Crippen molar-refractivity contribution >= 4 is 0 Å². The lowest BCUT2D eigenvalue weighted by atomic mass is 9.80. The van der Waals surface area contributed by atoms with Crippen LogP contribution in [0, 0.1) is 29.1 Å². The molecule has 0 aromatic carbocycles. The highest BCUT2D eigenvalue weighted by Crippen LogP contribution is 2.34. The minimum atomic E-state index is -0.638. The molecule has 0 amide bonds. The molecular formula is C22H36FNO. The molecule has 2 fully saturated rings. The van der Waals surface area contributed by atoms with E-state index in [2.05, 4.69) is 6.92 Å². The number of allylic oxidation sites excluding steroid dienone is 2. The number of nitrogens with zero attached hydrogens (tertiary/aromatic N) is 1. The molecule has 0 N–H and O–H groups in total. The highest BCUT2D eigenvalue weighted by atomic mass is 19.1. The first-order valence-electron chi connectivity index (χ1n) is 10.6. The molecule has 2 nitrogen and oxygen atoms in total. The van der Waals surface area contributed by atoms with Gasteiger partial charge in [0.1, 0.15) is 6.07 Å². The van der Waals surface area contributed by atoms with Crippen LogP contribution in [0.2, 0.25) is 0 Å². The van der Waals surface area contributed by atoms with Gasteiger partial charge in [-0.3, -0.25) is 0 Å². The van der Waals surface area contributed by atoms with Crippen LogP contribution in [0.25, 0.3) is 0 Å². The summed E-state index contributed by atoms with van der Waals surface area (Å²) < 4.78 is 19.0. The topological polar surface area (TPSA) is 33.0 Å². The number of rotatable bonds is 9. The van der Waals surface area contributed by atoms with Crippen molar-refractivity contribution in [2.45, 2.75) is 96.5 Å². The maximum atomic E-state index is 12.8. The molecule has 0 heterocycles. The molecule has 3 heteroatoms. The third-order valence-electron chi connectivity index (χ3n) is 6.30. The molecule has 0 aliphatic heterocycles. The summed E-state index contributed by atoms with van der Waals surface area (Å²) in [5, 5.41) is 8.42. The van der Waals surface area contributed by atoms with Crippen molar-refractivity contribution < 1.29 is 9.13 Å². The monoisotopic (exact) mass is 349 g/mol. The molecule has 142 valence electrons. The number of halogens is 1. The smallest absolute Gasteiger partial charge is 0.196 e. The van der Waals surface area contributed by atoms with Crippen molar-refractivity contribution in [3.8, 4) is 6.07 Å². The van der Waals surface area contributed by atoms with Gasteiger partial charge in [0.05, 0.1) is 6.10 Å². The van der Waals surface area contributed by atoms with E-state index in [1.54, 1.807) is 6.07 Å². The van der Waals surface area contributed by atoms with E-state index in [1.165, 1.54) is 63.9 Å². The second-order valence-corrected chi connectivity index (χ2v) is 8.25. The van der Waals surface area contributed by atoms with Crippen LogP contribution in [0.4, 0.5) is 4.39 Å². The fourth-order valence-corrected chi connectivity index (χ4v) is 4.53. The first-order chi connectivity index (χ1) is 12.2. The van der Waals surface area contributed by atoms with Crippen LogP contribution in [0.3, 0.4) is 0 Å². The van der Waals surface area contributed by atoms with Crippen LogP contribution < -0.4 is 0 Å². The molecular weight excluding hydrogens is 313 g/mol. The second kappa shape index (κ2) is 11.7. The Kier molecular flexibility index (Phi) is 9.55. The van der Waals surface area contributed by atoms with E-state index in [-0.39, 0.29) is 0 Å². The zero-order valence-corrected chi connectivity index (χ0v) is 16.0. The summed E-state index contributed by atoms with van der Waals surface area (Å²) in [6.07, 6.45) is 18.0. The SMILES string of the molecule is CCCC[C@H]1CC[C@H](CO[C@H]2CC[C@H](CC/C=C(\F)C#N)CC2)CC1. The normalized spacial score (nSPS) is 30.8. The first kappa shape index (κ1) is 20.4. The third-order valence-corrected chi connectivity index (χ3v) is 6.30. The molecule has 0 atom stereocenters. The van der Waals surface area contributed by atoms with Crippen molar-refractivity contribution in [3.63, 3.8) is 0 Å². The van der Waals surface area contributed by atoms with E-state index >= 15 is 0 Å². The first-order valence-corrected chi connectivity index (χ1v) is 10.6. The third kappa shape index (κ3) is 7.90. The van der Waals surface area contributed by atoms with Gasteiger partial charge in [-0.2, -0.15) is 9.65 Å². The maximum absolute atomic E-state index is 12.8. The van der Waals surface area contributed by atoms with Crippen LogP contribution in [0.15, 0.2) is 11.9 Å². The number of ether oxygens (including phenoxy) is 1. The number of hydrogen-bond donors (Lipinski definition) is 0. The Bertz CT molecular complexity index is 426. The molecule has 2 aliphatic rings. The summed E-state index contributed by atoms with van der Waals surface area (Å²) in [4.78, 5) is 0. The molecule has 2 saturated carbocycles. The molecule has 0 spiro atoms.